The number of benzene rings is 1. The lowest BCUT2D eigenvalue weighted by Gasteiger charge is -2.10. The van der Waals surface area contributed by atoms with Crippen molar-refractivity contribution in [1.29, 1.82) is 0 Å². The minimum Gasteiger partial charge on any atom is -0.550 e. The first-order chi connectivity index (χ1) is 6.11. The van der Waals surface area contributed by atoms with Crippen LogP contribution in [0.15, 0.2) is 24.3 Å². The summed E-state index contributed by atoms with van der Waals surface area (Å²) in [5.41, 5.74) is 4.16. The molecule has 0 aliphatic rings. The maximum atomic E-state index is 10.3. The van der Waals surface area contributed by atoms with Crippen molar-refractivity contribution in [3.8, 4) is 5.75 Å². The van der Waals surface area contributed by atoms with E-state index in [-0.39, 0.29) is 12.2 Å². The van der Waals surface area contributed by atoms with Crippen LogP contribution in [-0.4, -0.2) is 11.1 Å². The van der Waals surface area contributed by atoms with Crippen molar-refractivity contribution in [3.05, 3.63) is 29.8 Å². The highest BCUT2D eigenvalue weighted by Gasteiger charge is 2.13. The third-order valence-electron chi connectivity index (χ3n) is 1.79. The lowest BCUT2D eigenvalue weighted by molar-refractivity contribution is -0.430. The molecule has 0 amide bonds. The number of phenolic OH excluding ortho intramolecular Hbond substituents is 1. The Balaban J connectivity index is 2.82. The molecule has 1 atom stereocenters. The highest BCUT2D eigenvalue weighted by molar-refractivity contribution is 5.65. The summed E-state index contributed by atoms with van der Waals surface area (Å²) in [6.45, 7) is 0. The number of phenols is 1. The number of aliphatic carboxylic acids is 1. The molecule has 0 aromatic heterocycles. The molecule has 70 valence electrons. The van der Waals surface area contributed by atoms with Gasteiger partial charge in [-0.05, 0) is 12.1 Å². The van der Waals surface area contributed by atoms with E-state index >= 15 is 0 Å². The average Bonchev–Trinajstić information content (AvgIpc) is 2.03. The molecule has 0 radical (unpaired) electrons. The van der Waals surface area contributed by atoms with Crippen LogP contribution in [0.2, 0.25) is 0 Å². The van der Waals surface area contributed by atoms with Gasteiger partial charge < -0.3 is 20.7 Å². The summed E-state index contributed by atoms with van der Waals surface area (Å²) in [4.78, 5) is 10.3. The Kier molecular flexibility index (Phi) is 2.87. The normalized spacial score (nSPS) is 12.4. The van der Waals surface area contributed by atoms with Crippen LogP contribution in [0.1, 0.15) is 18.0 Å². The average molecular weight is 181 g/mol. The molecule has 0 heterocycles. The fourth-order valence-corrected chi connectivity index (χ4v) is 1.14. The Hall–Kier alpha value is -1.55. The molecular weight excluding hydrogens is 170 g/mol. The number of para-hydroxylation sites is 1. The standard InChI is InChI=1S/C9H11NO3/c10-7(5-9(12)13)6-3-1-2-4-8(6)11/h1-4,7,11H,5,10H2,(H,12,13)/t7-/m0/s1. The maximum absolute atomic E-state index is 10.3. The van der Waals surface area contributed by atoms with E-state index < -0.39 is 12.0 Å². The molecule has 4 N–H and O–H groups in total. The number of aromatic hydroxyl groups is 1. The molecule has 1 aromatic carbocycles. The first-order valence-corrected chi connectivity index (χ1v) is 3.92. The number of quaternary nitrogens is 1. The number of carbonyl (C=O) groups is 1. The topological polar surface area (TPSA) is 88.0 Å². The van der Waals surface area contributed by atoms with Gasteiger partial charge in [0.05, 0.1) is 5.56 Å². The van der Waals surface area contributed by atoms with Gasteiger partial charge >= 0.3 is 0 Å². The van der Waals surface area contributed by atoms with E-state index in [0.717, 1.165) is 0 Å². The highest BCUT2D eigenvalue weighted by atomic mass is 16.4. The number of hydrogen-bond donors (Lipinski definition) is 2. The molecule has 4 heteroatoms. The number of hydrogen-bond acceptors (Lipinski definition) is 3. The first-order valence-electron chi connectivity index (χ1n) is 3.92. The summed E-state index contributed by atoms with van der Waals surface area (Å²) >= 11 is 0. The molecule has 0 spiro atoms. The van der Waals surface area contributed by atoms with E-state index in [1.807, 2.05) is 0 Å². The SMILES string of the molecule is [NH3+][C@@H](CC(=O)[O-])c1ccccc1O. The summed E-state index contributed by atoms with van der Waals surface area (Å²) in [6, 6.07) is 6.08. The Morgan fingerprint density at radius 1 is 1.54 bits per heavy atom. The molecule has 0 aliphatic carbocycles. The fourth-order valence-electron chi connectivity index (χ4n) is 1.14. The molecule has 0 saturated heterocycles. The van der Waals surface area contributed by atoms with Gasteiger partial charge in [-0.25, -0.2) is 0 Å². The number of rotatable bonds is 3. The quantitative estimate of drug-likeness (QED) is 0.615. The van der Waals surface area contributed by atoms with E-state index in [1.165, 1.54) is 6.07 Å². The van der Waals surface area contributed by atoms with Crippen LogP contribution in [0.4, 0.5) is 0 Å². The third-order valence-corrected chi connectivity index (χ3v) is 1.79. The second-order valence-electron chi connectivity index (χ2n) is 2.83. The molecule has 0 fully saturated rings. The lowest BCUT2D eigenvalue weighted by Crippen LogP contribution is -2.55. The summed E-state index contributed by atoms with van der Waals surface area (Å²) in [5, 5.41) is 19.6. The van der Waals surface area contributed by atoms with Gasteiger partial charge in [0.25, 0.3) is 0 Å². The zero-order chi connectivity index (χ0) is 9.84. The van der Waals surface area contributed by atoms with Crippen LogP contribution in [-0.2, 0) is 4.79 Å². The van der Waals surface area contributed by atoms with Crippen molar-refractivity contribution in [2.45, 2.75) is 12.5 Å². The van der Waals surface area contributed by atoms with E-state index in [1.54, 1.807) is 18.2 Å². The molecular formula is C9H11NO3. The molecule has 0 aliphatic heterocycles. The Labute approximate surface area is 75.6 Å². The first kappa shape index (κ1) is 9.54. The summed E-state index contributed by atoms with van der Waals surface area (Å²) in [6.07, 6.45) is -0.183. The molecule has 1 rings (SSSR count). The smallest absolute Gasteiger partial charge is 0.124 e. The van der Waals surface area contributed by atoms with Crippen molar-refractivity contribution in [2.75, 3.05) is 0 Å². The Morgan fingerprint density at radius 3 is 2.69 bits per heavy atom. The molecule has 0 unspecified atom stereocenters. The Bertz CT molecular complexity index is 311. The van der Waals surface area contributed by atoms with Crippen LogP contribution in [0, 0.1) is 0 Å². The van der Waals surface area contributed by atoms with Crippen LogP contribution in [0.25, 0.3) is 0 Å². The predicted molar refractivity (Wildman–Crippen MR) is 43.4 cm³/mol. The second kappa shape index (κ2) is 3.91. The maximum Gasteiger partial charge on any atom is 0.124 e. The van der Waals surface area contributed by atoms with Gasteiger partial charge in [-0.3, -0.25) is 0 Å². The molecule has 1 aromatic rings. The summed E-state index contributed by atoms with van der Waals surface area (Å²) in [5.74, 6) is -1.09. The Morgan fingerprint density at radius 2 is 2.15 bits per heavy atom. The van der Waals surface area contributed by atoms with Gasteiger partial charge in [0.15, 0.2) is 0 Å². The van der Waals surface area contributed by atoms with Gasteiger partial charge in [0.1, 0.15) is 11.8 Å². The molecule has 4 nitrogen and oxygen atoms in total. The number of carboxylic acids is 1. The monoisotopic (exact) mass is 181 g/mol. The van der Waals surface area contributed by atoms with Crippen molar-refractivity contribution < 1.29 is 20.7 Å². The van der Waals surface area contributed by atoms with E-state index in [9.17, 15) is 15.0 Å². The van der Waals surface area contributed by atoms with Crippen molar-refractivity contribution >= 4 is 5.97 Å². The van der Waals surface area contributed by atoms with E-state index in [0.29, 0.717) is 5.56 Å². The van der Waals surface area contributed by atoms with Crippen molar-refractivity contribution in [2.24, 2.45) is 0 Å². The van der Waals surface area contributed by atoms with Crippen molar-refractivity contribution in [3.63, 3.8) is 0 Å². The van der Waals surface area contributed by atoms with E-state index in [4.69, 9.17) is 0 Å². The minimum atomic E-state index is -1.16. The summed E-state index contributed by atoms with van der Waals surface area (Å²) < 4.78 is 0. The number of carboxylic acid groups (broad SMARTS) is 1. The van der Waals surface area contributed by atoms with Gasteiger partial charge in [-0.1, -0.05) is 12.1 Å². The summed E-state index contributed by atoms with van der Waals surface area (Å²) in [7, 11) is 0. The zero-order valence-electron chi connectivity index (χ0n) is 7.06. The fraction of sp³-hybridized carbons (Fsp3) is 0.222. The zero-order valence-corrected chi connectivity index (χ0v) is 7.06. The van der Waals surface area contributed by atoms with Crippen LogP contribution in [0.3, 0.4) is 0 Å². The lowest BCUT2D eigenvalue weighted by atomic mass is 10.0. The predicted octanol–water partition coefficient (Wildman–Crippen LogP) is -1.18. The van der Waals surface area contributed by atoms with Crippen molar-refractivity contribution in [1.82, 2.24) is 0 Å². The van der Waals surface area contributed by atoms with E-state index in [2.05, 4.69) is 5.73 Å². The van der Waals surface area contributed by atoms with Crippen LogP contribution >= 0.6 is 0 Å². The van der Waals surface area contributed by atoms with Crippen LogP contribution < -0.4 is 10.8 Å². The van der Waals surface area contributed by atoms with Crippen LogP contribution in [0.5, 0.6) is 5.75 Å². The molecule has 0 saturated carbocycles. The van der Waals surface area contributed by atoms with Gasteiger partial charge in [-0.2, -0.15) is 0 Å². The minimum absolute atomic E-state index is 0.0729. The second-order valence-corrected chi connectivity index (χ2v) is 2.83. The third kappa shape index (κ3) is 2.45. The van der Waals surface area contributed by atoms with Gasteiger partial charge in [0.2, 0.25) is 0 Å². The van der Waals surface area contributed by atoms with Gasteiger partial charge in [0, 0.05) is 12.4 Å². The molecule has 0 bridgehead atoms. The number of carbonyl (C=O) groups excluding carboxylic acids is 1. The largest absolute Gasteiger partial charge is 0.550 e. The highest BCUT2D eigenvalue weighted by Crippen LogP contribution is 2.22. The van der Waals surface area contributed by atoms with Gasteiger partial charge in [-0.15, -0.1) is 0 Å². The molecule has 13 heavy (non-hydrogen) atoms.